The third kappa shape index (κ3) is 3.78. The molecule has 3 rings (SSSR count). The van der Waals surface area contributed by atoms with E-state index in [4.69, 9.17) is 4.74 Å². The minimum atomic E-state index is -0.354. The summed E-state index contributed by atoms with van der Waals surface area (Å²) >= 11 is 0. The van der Waals surface area contributed by atoms with Crippen LogP contribution >= 0.6 is 0 Å². The molecule has 0 radical (unpaired) electrons. The summed E-state index contributed by atoms with van der Waals surface area (Å²) in [5.41, 5.74) is 2.37. The van der Waals surface area contributed by atoms with Crippen LogP contribution in [0.2, 0.25) is 0 Å². The molecule has 140 valence electrons. The summed E-state index contributed by atoms with van der Waals surface area (Å²) in [5.74, 6) is 0. The lowest BCUT2D eigenvalue weighted by Crippen LogP contribution is -2.52. The van der Waals surface area contributed by atoms with Gasteiger partial charge in [-0.1, -0.05) is 12.1 Å². The summed E-state index contributed by atoms with van der Waals surface area (Å²) in [6.45, 7) is 11.3. The van der Waals surface area contributed by atoms with E-state index in [9.17, 15) is 10.1 Å². The highest BCUT2D eigenvalue weighted by atomic mass is 16.6. The van der Waals surface area contributed by atoms with Crippen LogP contribution in [0.4, 0.5) is 11.4 Å². The van der Waals surface area contributed by atoms with Crippen molar-refractivity contribution in [3.8, 4) is 0 Å². The van der Waals surface area contributed by atoms with Crippen molar-refractivity contribution < 1.29 is 9.66 Å². The number of nitro benzene ring substituents is 1. The number of aromatic nitrogens is 1. The summed E-state index contributed by atoms with van der Waals surface area (Å²) in [6, 6.07) is 7.62. The number of piperazine rings is 1. The van der Waals surface area contributed by atoms with Gasteiger partial charge in [-0.05, 0) is 26.8 Å². The molecule has 1 aromatic carbocycles. The summed E-state index contributed by atoms with van der Waals surface area (Å²) < 4.78 is 5.48. The molecule has 0 amide bonds. The molecule has 1 fully saturated rings. The number of pyridine rings is 1. The van der Waals surface area contributed by atoms with Gasteiger partial charge in [0.15, 0.2) is 5.52 Å². The largest absolute Gasteiger partial charge is 0.380 e. The highest BCUT2D eigenvalue weighted by Gasteiger charge is 2.26. The molecule has 0 saturated carbocycles. The molecule has 1 unspecified atom stereocenters. The van der Waals surface area contributed by atoms with E-state index in [1.165, 1.54) is 6.07 Å². The fourth-order valence-electron chi connectivity index (χ4n) is 3.62. The van der Waals surface area contributed by atoms with E-state index in [0.29, 0.717) is 11.6 Å². The smallest absolute Gasteiger partial charge is 0.295 e. The SMILES string of the molecule is CCOCCN1CCN(c2cc(C)nc3c([N+](=O)[O-])cccc23)CC1C. The van der Waals surface area contributed by atoms with Gasteiger partial charge in [-0.2, -0.15) is 0 Å². The van der Waals surface area contributed by atoms with Gasteiger partial charge in [-0.3, -0.25) is 15.0 Å². The van der Waals surface area contributed by atoms with Gasteiger partial charge in [-0.25, -0.2) is 4.98 Å². The first kappa shape index (κ1) is 18.5. The van der Waals surface area contributed by atoms with Crippen molar-refractivity contribution in [1.29, 1.82) is 0 Å². The van der Waals surface area contributed by atoms with Gasteiger partial charge in [0.25, 0.3) is 5.69 Å². The standard InChI is InChI=1S/C19H26N4O3/c1-4-26-11-10-21-8-9-22(13-15(21)3)18-12-14(2)20-19-16(18)6-5-7-17(19)23(24)25/h5-7,12,15H,4,8-11,13H2,1-3H3. The predicted molar refractivity (Wildman–Crippen MR) is 103 cm³/mol. The third-order valence-electron chi connectivity index (χ3n) is 4.95. The summed E-state index contributed by atoms with van der Waals surface area (Å²) in [6.07, 6.45) is 0. The molecule has 0 spiro atoms. The number of non-ortho nitro benzene ring substituents is 1. The van der Waals surface area contributed by atoms with Crippen molar-refractivity contribution in [3.05, 3.63) is 40.1 Å². The molecule has 26 heavy (non-hydrogen) atoms. The molecule has 7 nitrogen and oxygen atoms in total. The van der Waals surface area contributed by atoms with E-state index in [2.05, 4.69) is 21.7 Å². The molecule has 1 aliphatic heterocycles. The quantitative estimate of drug-likeness (QED) is 0.449. The molecule has 0 aliphatic carbocycles. The van der Waals surface area contributed by atoms with Crippen LogP contribution in [0.1, 0.15) is 19.5 Å². The number of hydrogen-bond acceptors (Lipinski definition) is 6. The van der Waals surface area contributed by atoms with Crippen LogP contribution in [0.25, 0.3) is 10.9 Å². The fraction of sp³-hybridized carbons (Fsp3) is 0.526. The number of rotatable bonds is 6. The van der Waals surface area contributed by atoms with E-state index in [1.807, 2.05) is 26.0 Å². The van der Waals surface area contributed by atoms with Gasteiger partial charge in [0.1, 0.15) is 0 Å². The molecule has 1 aromatic heterocycles. The zero-order valence-corrected chi connectivity index (χ0v) is 15.6. The van der Waals surface area contributed by atoms with Gasteiger partial charge < -0.3 is 9.64 Å². The first-order chi connectivity index (χ1) is 12.5. The number of benzene rings is 1. The minimum Gasteiger partial charge on any atom is -0.380 e. The Balaban J connectivity index is 1.87. The topological polar surface area (TPSA) is 71.7 Å². The van der Waals surface area contributed by atoms with Gasteiger partial charge in [0, 0.05) is 61.7 Å². The van der Waals surface area contributed by atoms with E-state index < -0.39 is 0 Å². The molecule has 1 aliphatic rings. The summed E-state index contributed by atoms with van der Waals surface area (Å²) in [5, 5.41) is 12.2. The maximum atomic E-state index is 11.4. The van der Waals surface area contributed by atoms with Crippen molar-refractivity contribution in [2.45, 2.75) is 26.8 Å². The minimum absolute atomic E-state index is 0.0656. The zero-order valence-electron chi connectivity index (χ0n) is 15.6. The second kappa shape index (κ2) is 7.97. The average Bonchev–Trinajstić information content (AvgIpc) is 2.61. The number of nitrogens with zero attached hydrogens (tertiary/aromatic N) is 4. The molecule has 1 atom stereocenters. The number of fused-ring (bicyclic) bond motifs is 1. The van der Waals surface area contributed by atoms with Crippen LogP contribution in [-0.4, -0.2) is 60.2 Å². The molecule has 7 heteroatoms. The Bertz CT molecular complexity index is 796. The Kier molecular flexibility index (Phi) is 5.68. The summed E-state index contributed by atoms with van der Waals surface area (Å²) in [7, 11) is 0. The second-order valence-electron chi connectivity index (χ2n) is 6.74. The number of ether oxygens (including phenoxy) is 1. The number of para-hydroxylation sites is 1. The van der Waals surface area contributed by atoms with Crippen LogP contribution in [0.3, 0.4) is 0 Å². The van der Waals surface area contributed by atoms with Gasteiger partial charge in [0.2, 0.25) is 0 Å². The van der Waals surface area contributed by atoms with Crippen molar-refractivity contribution >= 4 is 22.3 Å². The molecular weight excluding hydrogens is 332 g/mol. The van der Waals surface area contributed by atoms with Gasteiger partial charge >= 0.3 is 0 Å². The number of nitro groups is 1. The molecule has 0 bridgehead atoms. The predicted octanol–water partition coefficient (Wildman–Crippen LogP) is 3.00. The van der Waals surface area contributed by atoms with Crippen molar-refractivity contribution in [1.82, 2.24) is 9.88 Å². The lowest BCUT2D eigenvalue weighted by atomic mass is 10.1. The average molecular weight is 358 g/mol. The van der Waals surface area contributed by atoms with E-state index in [0.717, 1.165) is 56.2 Å². The number of hydrogen-bond donors (Lipinski definition) is 0. The Morgan fingerprint density at radius 3 is 2.88 bits per heavy atom. The molecule has 2 aromatic rings. The van der Waals surface area contributed by atoms with Crippen LogP contribution in [-0.2, 0) is 4.74 Å². The first-order valence-electron chi connectivity index (χ1n) is 9.12. The normalized spacial score (nSPS) is 18.4. The Hall–Kier alpha value is -2.25. The van der Waals surface area contributed by atoms with Crippen molar-refractivity contribution in [3.63, 3.8) is 0 Å². The van der Waals surface area contributed by atoms with Crippen LogP contribution < -0.4 is 4.90 Å². The second-order valence-corrected chi connectivity index (χ2v) is 6.74. The third-order valence-corrected chi connectivity index (χ3v) is 4.95. The van der Waals surface area contributed by atoms with Crippen LogP contribution in [0.15, 0.2) is 24.3 Å². The van der Waals surface area contributed by atoms with Gasteiger partial charge in [0.05, 0.1) is 11.5 Å². The maximum Gasteiger partial charge on any atom is 0.295 e. The lowest BCUT2D eigenvalue weighted by molar-refractivity contribution is -0.383. The van der Waals surface area contributed by atoms with Crippen molar-refractivity contribution in [2.75, 3.05) is 44.3 Å². The van der Waals surface area contributed by atoms with E-state index in [-0.39, 0.29) is 10.6 Å². The highest BCUT2D eigenvalue weighted by molar-refractivity contribution is 5.97. The van der Waals surface area contributed by atoms with Crippen LogP contribution in [0, 0.1) is 17.0 Å². The number of aryl methyl sites for hydroxylation is 1. The highest BCUT2D eigenvalue weighted by Crippen LogP contribution is 2.33. The van der Waals surface area contributed by atoms with Crippen LogP contribution in [0.5, 0.6) is 0 Å². The first-order valence-corrected chi connectivity index (χ1v) is 9.12. The Morgan fingerprint density at radius 2 is 2.19 bits per heavy atom. The van der Waals surface area contributed by atoms with E-state index >= 15 is 0 Å². The maximum absolute atomic E-state index is 11.4. The molecule has 0 N–H and O–H groups in total. The van der Waals surface area contributed by atoms with Gasteiger partial charge in [-0.15, -0.1) is 0 Å². The lowest BCUT2D eigenvalue weighted by Gasteiger charge is -2.41. The summed E-state index contributed by atoms with van der Waals surface area (Å²) in [4.78, 5) is 20.2. The molecule has 1 saturated heterocycles. The fourth-order valence-corrected chi connectivity index (χ4v) is 3.62. The Morgan fingerprint density at radius 1 is 1.38 bits per heavy atom. The number of anilines is 1. The molecule has 2 heterocycles. The zero-order chi connectivity index (χ0) is 18.7. The Labute approximate surface area is 153 Å². The molecular formula is C19H26N4O3. The monoisotopic (exact) mass is 358 g/mol. The van der Waals surface area contributed by atoms with E-state index in [1.54, 1.807) is 6.07 Å². The van der Waals surface area contributed by atoms with Crippen molar-refractivity contribution in [2.24, 2.45) is 0 Å².